The van der Waals surface area contributed by atoms with Crippen molar-refractivity contribution < 1.29 is 13.5 Å². The normalized spacial score (nSPS) is 11.7. The molecule has 3 rings (SSSR count). The van der Waals surface area contributed by atoms with Crippen LogP contribution in [-0.2, 0) is 10.0 Å². The molecule has 0 amide bonds. The number of para-hydroxylation sites is 1. The lowest BCUT2D eigenvalue weighted by Gasteiger charge is -2.07. The van der Waals surface area contributed by atoms with Crippen LogP contribution in [0.3, 0.4) is 0 Å². The number of nitrogens with one attached hydrogen (secondary N) is 1. The molecule has 2 aromatic heterocycles. The first-order valence-electron chi connectivity index (χ1n) is 5.93. The standard InChI is InChI=1S/C13H8Cl2N2O3S2/c14-8-6-11(21-13(8)15)22(19,20)17-10-5-4-7-2-1-3-9(18)12(7)16-10/h1-6,18H,(H,16,17). The van der Waals surface area contributed by atoms with E-state index in [0.717, 1.165) is 11.3 Å². The lowest BCUT2D eigenvalue weighted by atomic mass is 10.2. The van der Waals surface area contributed by atoms with Gasteiger partial charge in [0.1, 0.15) is 25.6 Å². The van der Waals surface area contributed by atoms with E-state index in [1.54, 1.807) is 18.2 Å². The molecule has 0 saturated heterocycles. The van der Waals surface area contributed by atoms with Crippen molar-refractivity contribution in [2.24, 2.45) is 0 Å². The highest BCUT2D eigenvalue weighted by molar-refractivity contribution is 7.94. The number of thiophene rings is 1. The minimum atomic E-state index is -3.84. The zero-order valence-electron chi connectivity index (χ0n) is 10.7. The number of fused-ring (bicyclic) bond motifs is 1. The van der Waals surface area contributed by atoms with Crippen LogP contribution in [0.1, 0.15) is 0 Å². The van der Waals surface area contributed by atoms with Crippen LogP contribution in [0.5, 0.6) is 5.75 Å². The number of halogens is 2. The second kappa shape index (κ2) is 5.58. The van der Waals surface area contributed by atoms with E-state index in [9.17, 15) is 13.5 Å². The number of hydrogen-bond acceptors (Lipinski definition) is 5. The predicted octanol–water partition coefficient (Wildman–Crippen LogP) is 4.11. The van der Waals surface area contributed by atoms with E-state index in [1.165, 1.54) is 18.2 Å². The Hall–Kier alpha value is -1.54. The van der Waals surface area contributed by atoms with E-state index < -0.39 is 10.0 Å². The molecule has 0 fully saturated rings. The summed E-state index contributed by atoms with van der Waals surface area (Å²) in [5, 5.41) is 10.7. The molecular formula is C13H8Cl2N2O3S2. The van der Waals surface area contributed by atoms with Crippen molar-refractivity contribution in [3.05, 3.63) is 45.8 Å². The van der Waals surface area contributed by atoms with Crippen molar-refractivity contribution in [2.75, 3.05) is 4.72 Å². The lowest BCUT2D eigenvalue weighted by molar-refractivity contribution is 0.480. The van der Waals surface area contributed by atoms with Gasteiger partial charge in [-0.05, 0) is 24.3 Å². The van der Waals surface area contributed by atoms with Gasteiger partial charge in [-0.1, -0.05) is 35.3 Å². The third-order valence-electron chi connectivity index (χ3n) is 2.83. The van der Waals surface area contributed by atoms with E-state index in [2.05, 4.69) is 9.71 Å². The van der Waals surface area contributed by atoms with E-state index in [-0.39, 0.29) is 25.1 Å². The summed E-state index contributed by atoms with van der Waals surface area (Å²) in [4.78, 5) is 4.11. The number of phenols is 1. The summed E-state index contributed by atoms with van der Waals surface area (Å²) in [6, 6.07) is 9.37. The quantitative estimate of drug-likeness (QED) is 0.722. The largest absolute Gasteiger partial charge is 0.506 e. The Labute approximate surface area is 140 Å². The van der Waals surface area contributed by atoms with Gasteiger partial charge < -0.3 is 5.11 Å². The molecule has 0 saturated carbocycles. The summed E-state index contributed by atoms with van der Waals surface area (Å²) in [6.07, 6.45) is 0. The number of aromatic hydroxyl groups is 1. The molecule has 114 valence electrons. The molecular weight excluding hydrogens is 367 g/mol. The molecule has 2 N–H and O–H groups in total. The van der Waals surface area contributed by atoms with Gasteiger partial charge >= 0.3 is 0 Å². The third-order valence-corrected chi connectivity index (χ3v) is 6.52. The SMILES string of the molecule is O=S(=O)(Nc1ccc2cccc(O)c2n1)c1cc(Cl)c(Cl)s1. The first-order chi connectivity index (χ1) is 10.4. The number of phenolic OH excluding ortho intramolecular Hbond substituents is 1. The van der Waals surface area contributed by atoms with Crippen molar-refractivity contribution in [3.63, 3.8) is 0 Å². The van der Waals surface area contributed by atoms with Crippen LogP contribution in [0.4, 0.5) is 5.82 Å². The Bertz CT molecular complexity index is 951. The van der Waals surface area contributed by atoms with Gasteiger partial charge in [0.05, 0.1) is 5.02 Å². The minimum Gasteiger partial charge on any atom is -0.506 e. The molecule has 0 aliphatic carbocycles. The van der Waals surface area contributed by atoms with Crippen LogP contribution < -0.4 is 4.72 Å². The monoisotopic (exact) mass is 374 g/mol. The van der Waals surface area contributed by atoms with Crippen molar-refractivity contribution >= 4 is 61.3 Å². The zero-order valence-corrected chi connectivity index (χ0v) is 13.9. The van der Waals surface area contributed by atoms with Crippen LogP contribution in [-0.4, -0.2) is 18.5 Å². The molecule has 9 heteroatoms. The van der Waals surface area contributed by atoms with Crippen LogP contribution in [0.25, 0.3) is 10.9 Å². The second-order valence-electron chi connectivity index (χ2n) is 4.34. The molecule has 0 radical (unpaired) electrons. The fourth-order valence-corrected chi connectivity index (χ4v) is 4.72. The summed E-state index contributed by atoms with van der Waals surface area (Å²) in [7, 11) is -3.84. The Morgan fingerprint density at radius 3 is 2.64 bits per heavy atom. The minimum absolute atomic E-state index is 0.0123. The van der Waals surface area contributed by atoms with Crippen LogP contribution in [0.15, 0.2) is 40.6 Å². The van der Waals surface area contributed by atoms with E-state index in [0.29, 0.717) is 10.9 Å². The molecule has 5 nitrogen and oxygen atoms in total. The van der Waals surface area contributed by atoms with Gasteiger partial charge in [-0.2, -0.15) is 0 Å². The Kier molecular flexibility index (Phi) is 3.90. The molecule has 0 aliphatic heterocycles. The number of nitrogens with zero attached hydrogens (tertiary/aromatic N) is 1. The Morgan fingerprint density at radius 1 is 1.18 bits per heavy atom. The number of anilines is 1. The molecule has 3 aromatic rings. The van der Waals surface area contributed by atoms with Gasteiger partial charge in [0.25, 0.3) is 10.0 Å². The van der Waals surface area contributed by atoms with Crippen LogP contribution in [0.2, 0.25) is 9.36 Å². The van der Waals surface area contributed by atoms with E-state index >= 15 is 0 Å². The molecule has 22 heavy (non-hydrogen) atoms. The van der Waals surface area contributed by atoms with Gasteiger partial charge in [0.2, 0.25) is 0 Å². The molecule has 0 atom stereocenters. The van der Waals surface area contributed by atoms with Crippen LogP contribution >= 0.6 is 34.5 Å². The third kappa shape index (κ3) is 2.85. The van der Waals surface area contributed by atoms with Gasteiger partial charge in [0.15, 0.2) is 0 Å². The first-order valence-corrected chi connectivity index (χ1v) is 8.99. The van der Waals surface area contributed by atoms with Crippen molar-refractivity contribution in [3.8, 4) is 5.75 Å². The maximum absolute atomic E-state index is 12.3. The number of pyridine rings is 1. The summed E-state index contributed by atoms with van der Waals surface area (Å²) in [5.41, 5.74) is 0.310. The Balaban J connectivity index is 2.00. The fourth-order valence-electron chi connectivity index (χ4n) is 1.84. The van der Waals surface area contributed by atoms with Gasteiger partial charge in [0, 0.05) is 5.39 Å². The van der Waals surface area contributed by atoms with Crippen molar-refractivity contribution in [1.29, 1.82) is 0 Å². The molecule has 0 aliphatic rings. The number of sulfonamides is 1. The molecule has 1 aromatic carbocycles. The Morgan fingerprint density at radius 2 is 1.95 bits per heavy atom. The zero-order chi connectivity index (χ0) is 15.9. The van der Waals surface area contributed by atoms with Gasteiger partial charge in [-0.15, -0.1) is 11.3 Å². The highest BCUT2D eigenvalue weighted by Crippen LogP contribution is 2.35. The summed E-state index contributed by atoms with van der Waals surface area (Å²) < 4.78 is 27.1. The summed E-state index contributed by atoms with van der Waals surface area (Å²) >= 11 is 12.4. The second-order valence-corrected chi connectivity index (χ2v) is 8.31. The smallest absolute Gasteiger partial charge is 0.272 e. The first kappa shape index (κ1) is 15.4. The number of hydrogen-bond donors (Lipinski definition) is 2. The molecule has 0 unspecified atom stereocenters. The van der Waals surface area contributed by atoms with Crippen molar-refractivity contribution in [2.45, 2.75) is 4.21 Å². The maximum atomic E-state index is 12.3. The van der Waals surface area contributed by atoms with Crippen molar-refractivity contribution in [1.82, 2.24) is 4.98 Å². The molecule has 0 spiro atoms. The molecule has 0 bridgehead atoms. The lowest BCUT2D eigenvalue weighted by Crippen LogP contribution is -2.12. The van der Waals surface area contributed by atoms with E-state index in [1.807, 2.05) is 0 Å². The predicted molar refractivity (Wildman–Crippen MR) is 88.6 cm³/mol. The fraction of sp³-hybridized carbons (Fsp3) is 0. The van der Waals surface area contributed by atoms with Gasteiger partial charge in [-0.25, -0.2) is 13.4 Å². The average Bonchev–Trinajstić information content (AvgIpc) is 2.80. The summed E-state index contributed by atoms with van der Waals surface area (Å²) in [5.74, 6) is 0.0652. The van der Waals surface area contributed by atoms with Crippen LogP contribution in [0, 0.1) is 0 Å². The topological polar surface area (TPSA) is 79.3 Å². The number of rotatable bonds is 3. The number of benzene rings is 1. The average molecular weight is 375 g/mol. The highest BCUT2D eigenvalue weighted by atomic mass is 35.5. The summed E-state index contributed by atoms with van der Waals surface area (Å²) in [6.45, 7) is 0. The van der Waals surface area contributed by atoms with Gasteiger partial charge in [-0.3, -0.25) is 4.72 Å². The van der Waals surface area contributed by atoms with E-state index in [4.69, 9.17) is 23.2 Å². The molecule has 2 heterocycles. The highest BCUT2D eigenvalue weighted by Gasteiger charge is 2.20. The number of aromatic nitrogens is 1. The maximum Gasteiger partial charge on any atom is 0.272 e.